The number of rotatable bonds is 3. The van der Waals surface area contributed by atoms with E-state index in [4.69, 9.17) is 26.2 Å². The minimum atomic E-state index is 0.250. The lowest BCUT2D eigenvalue weighted by Crippen LogP contribution is -2.03. The quantitative estimate of drug-likeness (QED) is 0.420. The Balaban J connectivity index is 0.000000730. The van der Waals surface area contributed by atoms with Crippen molar-refractivity contribution in [3.63, 3.8) is 0 Å². The van der Waals surface area contributed by atoms with E-state index >= 15 is 0 Å². The van der Waals surface area contributed by atoms with Crippen LogP contribution in [0.4, 0.5) is 0 Å². The molecule has 3 heterocycles. The predicted molar refractivity (Wildman–Crippen MR) is 116 cm³/mol. The Morgan fingerprint density at radius 2 is 1.81 bits per heavy atom. The second-order valence-corrected chi connectivity index (χ2v) is 7.27. The van der Waals surface area contributed by atoms with Gasteiger partial charge in [-0.15, -0.1) is 5.10 Å². The maximum absolute atomic E-state index is 8.12. The number of aryl methyl sites for hydroxylation is 1. The summed E-state index contributed by atoms with van der Waals surface area (Å²) in [4.78, 5) is 25.4. The van der Waals surface area contributed by atoms with Gasteiger partial charge in [-0.1, -0.05) is 41.1 Å². The second kappa shape index (κ2) is 8.83. The highest BCUT2D eigenvalue weighted by Crippen LogP contribution is 2.25. The third-order valence-electron chi connectivity index (χ3n) is 4.83. The van der Waals surface area contributed by atoms with Gasteiger partial charge < -0.3 is 0 Å². The van der Waals surface area contributed by atoms with Crippen LogP contribution in [0, 0.1) is 6.92 Å². The van der Waals surface area contributed by atoms with Crippen LogP contribution in [0.2, 0.25) is 5.02 Å². The van der Waals surface area contributed by atoms with E-state index in [0.717, 1.165) is 49.5 Å². The fourth-order valence-corrected chi connectivity index (χ4v) is 3.45. The van der Waals surface area contributed by atoms with Crippen molar-refractivity contribution in [1.82, 2.24) is 25.0 Å². The van der Waals surface area contributed by atoms with Gasteiger partial charge in [-0.2, -0.15) is 9.59 Å². The van der Waals surface area contributed by atoms with Crippen LogP contribution < -0.4 is 0 Å². The number of pyridine rings is 2. The number of benzene rings is 2. The summed E-state index contributed by atoms with van der Waals surface area (Å²) in [6.45, 7) is 2.58. The number of carbonyl (C=O) groups excluding carboxylic acids is 2. The summed E-state index contributed by atoms with van der Waals surface area (Å²) in [6, 6.07) is 20.1. The van der Waals surface area contributed by atoms with E-state index in [-0.39, 0.29) is 6.15 Å². The second-order valence-electron chi connectivity index (χ2n) is 6.86. The van der Waals surface area contributed by atoms with Crippen LogP contribution in [0.1, 0.15) is 11.1 Å². The van der Waals surface area contributed by atoms with Crippen LogP contribution in [-0.2, 0) is 16.1 Å². The molecule has 7 nitrogen and oxygen atoms in total. The number of fused-ring (bicyclic) bond motifs is 2. The molecule has 5 aromatic rings. The molecule has 2 aromatic carbocycles. The molecule has 0 saturated heterocycles. The summed E-state index contributed by atoms with van der Waals surface area (Å²) in [7, 11) is 0. The van der Waals surface area contributed by atoms with Gasteiger partial charge >= 0.3 is 6.15 Å². The first kappa shape index (κ1) is 20.3. The molecule has 3 aromatic heterocycles. The van der Waals surface area contributed by atoms with Gasteiger partial charge in [-0.25, -0.2) is 9.67 Å². The van der Waals surface area contributed by atoms with E-state index in [0.29, 0.717) is 6.54 Å². The Kier molecular flexibility index (Phi) is 5.80. The third kappa shape index (κ3) is 4.33. The molecule has 0 aliphatic rings. The average Bonchev–Trinajstić information content (AvgIpc) is 3.18. The molecule has 0 aliphatic heterocycles. The zero-order valence-electron chi connectivity index (χ0n) is 16.5. The zero-order valence-corrected chi connectivity index (χ0v) is 17.2. The lowest BCUT2D eigenvalue weighted by atomic mass is 10.1. The molecule has 0 spiro atoms. The molecule has 0 atom stereocenters. The fraction of sp³-hybridized carbons (Fsp3) is 0.0870. The first-order valence-corrected chi connectivity index (χ1v) is 9.76. The van der Waals surface area contributed by atoms with Crippen molar-refractivity contribution in [2.75, 3.05) is 0 Å². The molecule has 0 unspecified atom stereocenters. The smallest absolute Gasteiger partial charge is 0.256 e. The van der Waals surface area contributed by atoms with E-state index < -0.39 is 0 Å². The van der Waals surface area contributed by atoms with Gasteiger partial charge in [0.05, 0.1) is 17.8 Å². The van der Waals surface area contributed by atoms with Gasteiger partial charge in [-0.05, 0) is 54.4 Å². The van der Waals surface area contributed by atoms with Crippen LogP contribution in [0.25, 0.3) is 33.3 Å². The van der Waals surface area contributed by atoms with Crippen molar-refractivity contribution in [2.45, 2.75) is 13.5 Å². The Hall–Kier alpha value is -3.93. The standard InChI is InChI=1S/C22H16ClN5.CO2/c1-14-4-6-17(12-18(14)23)20-8-9-21-22(25-20)28(27-26-21)13-15-5-7-19-16(11-15)3-2-10-24-19;2-1-3/h2-12H,13H2,1H3;. The number of nitrogens with zero attached hydrogens (tertiary/aromatic N) is 5. The third-order valence-corrected chi connectivity index (χ3v) is 5.23. The van der Waals surface area contributed by atoms with E-state index in [1.165, 1.54) is 0 Å². The van der Waals surface area contributed by atoms with Crippen molar-refractivity contribution >= 4 is 39.8 Å². The summed E-state index contributed by atoms with van der Waals surface area (Å²) < 4.78 is 1.83. The molecule has 5 rings (SSSR count). The molecule has 0 N–H and O–H groups in total. The van der Waals surface area contributed by atoms with Crippen molar-refractivity contribution in [2.24, 2.45) is 0 Å². The minimum absolute atomic E-state index is 0.250. The fourth-order valence-electron chi connectivity index (χ4n) is 3.27. The molecular formula is C23H16ClN5O2. The normalized spacial score (nSPS) is 10.5. The zero-order chi connectivity index (χ0) is 21.8. The van der Waals surface area contributed by atoms with Gasteiger partial charge in [0.1, 0.15) is 5.52 Å². The van der Waals surface area contributed by atoms with E-state index in [1.807, 2.05) is 54.1 Å². The Bertz CT molecular complexity index is 1420. The van der Waals surface area contributed by atoms with Crippen molar-refractivity contribution < 1.29 is 9.59 Å². The molecule has 0 radical (unpaired) electrons. The maximum atomic E-state index is 8.12. The Morgan fingerprint density at radius 3 is 2.61 bits per heavy atom. The predicted octanol–water partition coefficient (Wildman–Crippen LogP) is 4.47. The van der Waals surface area contributed by atoms with Crippen LogP contribution in [0.5, 0.6) is 0 Å². The lowest BCUT2D eigenvalue weighted by molar-refractivity contribution is -0.191. The Labute approximate surface area is 182 Å². The molecule has 0 bridgehead atoms. The summed E-state index contributed by atoms with van der Waals surface area (Å²) in [5.41, 5.74) is 6.49. The molecule has 152 valence electrons. The number of halogens is 1. The summed E-state index contributed by atoms with van der Waals surface area (Å²) in [5.74, 6) is 0. The van der Waals surface area contributed by atoms with Gasteiger partial charge in [0.25, 0.3) is 0 Å². The monoisotopic (exact) mass is 429 g/mol. The number of hydrogen-bond acceptors (Lipinski definition) is 6. The van der Waals surface area contributed by atoms with Crippen LogP contribution in [0.15, 0.2) is 66.9 Å². The highest BCUT2D eigenvalue weighted by Gasteiger charge is 2.10. The van der Waals surface area contributed by atoms with Crippen LogP contribution >= 0.6 is 11.6 Å². The molecule has 0 fully saturated rings. The van der Waals surface area contributed by atoms with E-state index in [9.17, 15) is 0 Å². The molecule has 0 saturated carbocycles. The SMILES string of the molecule is Cc1ccc(-c2ccc3nnn(Cc4ccc5ncccc5c4)c3n2)cc1Cl.O=C=O. The van der Waals surface area contributed by atoms with Gasteiger partial charge in [0, 0.05) is 22.2 Å². The van der Waals surface area contributed by atoms with Gasteiger partial charge in [0.15, 0.2) is 5.65 Å². The average molecular weight is 430 g/mol. The largest absolute Gasteiger partial charge is 0.373 e. The highest BCUT2D eigenvalue weighted by atomic mass is 35.5. The Morgan fingerprint density at radius 1 is 1.00 bits per heavy atom. The van der Waals surface area contributed by atoms with Crippen LogP contribution in [-0.4, -0.2) is 31.1 Å². The topological polar surface area (TPSA) is 90.6 Å². The first-order chi connectivity index (χ1) is 15.1. The first-order valence-electron chi connectivity index (χ1n) is 9.39. The number of aromatic nitrogens is 5. The molecule has 0 aliphatic carbocycles. The van der Waals surface area contributed by atoms with Gasteiger partial charge in [-0.3, -0.25) is 4.98 Å². The van der Waals surface area contributed by atoms with Gasteiger partial charge in [0.2, 0.25) is 0 Å². The van der Waals surface area contributed by atoms with Crippen molar-refractivity contribution in [3.8, 4) is 11.3 Å². The number of hydrogen-bond donors (Lipinski definition) is 0. The van der Waals surface area contributed by atoms with Crippen molar-refractivity contribution in [1.29, 1.82) is 0 Å². The molecule has 0 amide bonds. The summed E-state index contributed by atoms with van der Waals surface area (Å²) in [6.07, 6.45) is 2.05. The molecule has 31 heavy (non-hydrogen) atoms. The van der Waals surface area contributed by atoms with Crippen molar-refractivity contribution in [3.05, 3.63) is 83.0 Å². The van der Waals surface area contributed by atoms with Crippen LogP contribution in [0.3, 0.4) is 0 Å². The minimum Gasteiger partial charge on any atom is -0.256 e. The summed E-state index contributed by atoms with van der Waals surface area (Å²) in [5, 5.41) is 10.4. The molecule has 8 heteroatoms. The lowest BCUT2D eigenvalue weighted by Gasteiger charge is -2.06. The van der Waals surface area contributed by atoms with E-state index in [1.54, 1.807) is 6.20 Å². The highest BCUT2D eigenvalue weighted by molar-refractivity contribution is 6.31. The molecular weight excluding hydrogens is 414 g/mol. The maximum Gasteiger partial charge on any atom is 0.373 e. The summed E-state index contributed by atoms with van der Waals surface area (Å²) >= 11 is 6.28. The van der Waals surface area contributed by atoms with E-state index in [2.05, 4.69) is 33.5 Å².